The van der Waals surface area contributed by atoms with Crippen LogP contribution in [0.3, 0.4) is 0 Å². The Hall–Kier alpha value is -2.96. The van der Waals surface area contributed by atoms with E-state index in [9.17, 15) is 19.3 Å². The van der Waals surface area contributed by atoms with Crippen LogP contribution in [-0.4, -0.2) is 16.0 Å². The number of carboxylic acid groups (broad SMARTS) is 1. The summed E-state index contributed by atoms with van der Waals surface area (Å²) >= 11 is 0. The van der Waals surface area contributed by atoms with Gasteiger partial charge in [-0.1, -0.05) is 12.1 Å². The van der Waals surface area contributed by atoms with Gasteiger partial charge < -0.3 is 9.84 Å². The molecule has 0 radical (unpaired) electrons. The van der Waals surface area contributed by atoms with Crippen LogP contribution in [0.5, 0.6) is 11.5 Å². The molecule has 0 saturated heterocycles. The maximum Gasteiger partial charge on any atom is 0.342 e. The molecule has 2 aromatic rings. The fourth-order valence-corrected chi connectivity index (χ4v) is 1.77. The number of hydrogen-bond acceptors (Lipinski definition) is 4. The highest BCUT2D eigenvalue weighted by atomic mass is 19.1. The van der Waals surface area contributed by atoms with Gasteiger partial charge in [-0.3, -0.25) is 10.1 Å². The van der Waals surface area contributed by atoms with Gasteiger partial charge in [-0.2, -0.15) is 0 Å². The third-order valence-electron chi connectivity index (χ3n) is 2.72. The standard InChI is InChI=1S/C14H10FNO5/c1-8-5-6-10(15)12(7-8)21-11-4-2-3-9(14(17)18)13(11)16(19)20/h2-7H,1H3,(H,17,18). The van der Waals surface area contributed by atoms with Crippen LogP contribution in [0.15, 0.2) is 36.4 Å². The first-order valence-corrected chi connectivity index (χ1v) is 5.85. The first kappa shape index (κ1) is 14.4. The minimum absolute atomic E-state index is 0.208. The van der Waals surface area contributed by atoms with Crippen molar-refractivity contribution >= 4 is 11.7 Å². The van der Waals surface area contributed by atoms with Crippen molar-refractivity contribution in [3.05, 3.63) is 63.5 Å². The molecule has 6 nitrogen and oxygen atoms in total. The zero-order valence-corrected chi connectivity index (χ0v) is 10.9. The molecule has 0 spiro atoms. The first-order valence-electron chi connectivity index (χ1n) is 5.85. The van der Waals surface area contributed by atoms with E-state index in [4.69, 9.17) is 9.84 Å². The highest BCUT2D eigenvalue weighted by Gasteiger charge is 2.26. The molecule has 108 valence electrons. The number of hydrogen-bond donors (Lipinski definition) is 1. The summed E-state index contributed by atoms with van der Waals surface area (Å²) in [5.74, 6) is -2.70. The Morgan fingerprint density at radius 3 is 2.62 bits per heavy atom. The van der Waals surface area contributed by atoms with Gasteiger partial charge in [0.25, 0.3) is 0 Å². The molecule has 1 N–H and O–H groups in total. The highest BCUT2D eigenvalue weighted by Crippen LogP contribution is 2.35. The van der Waals surface area contributed by atoms with E-state index in [2.05, 4.69) is 0 Å². The largest absolute Gasteiger partial charge is 0.477 e. The van der Waals surface area contributed by atoms with Crippen LogP contribution in [0.2, 0.25) is 0 Å². The average molecular weight is 291 g/mol. The molecule has 0 saturated carbocycles. The molecule has 0 heterocycles. The molecule has 0 bridgehead atoms. The number of aryl methyl sites for hydroxylation is 1. The molecule has 2 rings (SSSR count). The molecule has 0 fully saturated rings. The van der Waals surface area contributed by atoms with Crippen LogP contribution < -0.4 is 4.74 Å². The van der Waals surface area contributed by atoms with Gasteiger partial charge >= 0.3 is 11.7 Å². The van der Waals surface area contributed by atoms with Crippen molar-refractivity contribution in [2.45, 2.75) is 6.92 Å². The number of carbonyl (C=O) groups is 1. The highest BCUT2D eigenvalue weighted by molar-refractivity contribution is 5.93. The van der Waals surface area contributed by atoms with Gasteiger partial charge in [0, 0.05) is 0 Å². The van der Waals surface area contributed by atoms with Crippen molar-refractivity contribution in [2.24, 2.45) is 0 Å². The smallest absolute Gasteiger partial charge is 0.342 e. The third-order valence-corrected chi connectivity index (χ3v) is 2.72. The van der Waals surface area contributed by atoms with Crippen molar-refractivity contribution in [3.63, 3.8) is 0 Å². The van der Waals surface area contributed by atoms with Crippen LogP contribution >= 0.6 is 0 Å². The van der Waals surface area contributed by atoms with E-state index in [0.29, 0.717) is 5.56 Å². The molecule has 0 amide bonds. The number of ether oxygens (including phenoxy) is 1. The summed E-state index contributed by atoms with van der Waals surface area (Å²) in [4.78, 5) is 21.2. The van der Waals surface area contributed by atoms with E-state index in [-0.39, 0.29) is 11.5 Å². The molecule has 0 aliphatic heterocycles. The van der Waals surface area contributed by atoms with Crippen molar-refractivity contribution in [2.75, 3.05) is 0 Å². The molecule has 0 aliphatic rings. The second kappa shape index (κ2) is 5.58. The molecule has 0 aromatic heterocycles. The molecular weight excluding hydrogens is 281 g/mol. The van der Waals surface area contributed by atoms with Gasteiger partial charge in [0.15, 0.2) is 11.6 Å². The van der Waals surface area contributed by atoms with Gasteiger partial charge in [0.05, 0.1) is 4.92 Å². The van der Waals surface area contributed by atoms with Gasteiger partial charge in [0.1, 0.15) is 5.56 Å². The Labute approximate surface area is 118 Å². The fraction of sp³-hybridized carbons (Fsp3) is 0.0714. The topological polar surface area (TPSA) is 89.7 Å². The maximum absolute atomic E-state index is 13.6. The number of aromatic carboxylic acids is 1. The summed E-state index contributed by atoms with van der Waals surface area (Å²) in [7, 11) is 0. The molecule has 0 atom stereocenters. The predicted molar refractivity (Wildman–Crippen MR) is 71.3 cm³/mol. The Kier molecular flexibility index (Phi) is 3.84. The number of rotatable bonds is 4. The molecule has 0 unspecified atom stereocenters. The van der Waals surface area contributed by atoms with Gasteiger partial charge in [0.2, 0.25) is 5.75 Å². The summed E-state index contributed by atoms with van der Waals surface area (Å²) in [5.41, 5.74) is -0.542. The number of para-hydroxylation sites is 1. The molecule has 0 aliphatic carbocycles. The summed E-state index contributed by atoms with van der Waals surface area (Å²) < 4.78 is 18.8. The summed E-state index contributed by atoms with van der Waals surface area (Å²) in [6.45, 7) is 1.70. The van der Waals surface area contributed by atoms with E-state index in [1.165, 1.54) is 24.3 Å². The lowest BCUT2D eigenvalue weighted by molar-refractivity contribution is -0.386. The summed E-state index contributed by atoms with van der Waals surface area (Å²) in [6.07, 6.45) is 0. The van der Waals surface area contributed by atoms with Crippen LogP contribution in [0.1, 0.15) is 15.9 Å². The van der Waals surface area contributed by atoms with E-state index in [0.717, 1.165) is 12.1 Å². The quantitative estimate of drug-likeness (QED) is 0.687. The summed E-state index contributed by atoms with van der Waals surface area (Å²) in [5, 5.41) is 20.0. The SMILES string of the molecule is Cc1ccc(F)c(Oc2cccc(C(=O)O)c2[N+](=O)[O-])c1. The van der Waals surface area contributed by atoms with E-state index >= 15 is 0 Å². The molecule has 21 heavy (non-hydrogen) atoms. The van der Waals surface area contributed by atoms with Crippen LogP contribution in [0.25, 0.3) is 0 Å². The minimum atomic E-state index is -1.46. The second-order valence-corrected chi connectivity index (χ2v) is 4.25. The number of nitrogens with zero attached hydrogens (tertiary/aromatic N) is 1. The minimum Gasteiger partial charge on any atom is -0.477 e. The van der Waals surface area contributed by atoms with Crippen molar-refractivity contribution in [3.8, 4) is 11.5 Å². The Morgan fingerprint density at radius 1 is 1.29 bits per heavy atom. The number of carboxylic acids is 1. The lowest BCUT2D eigenvalue weighted by atomic mass is 10.1. The Bertz CT molecular complexity index is 729. The van der Waals surface area contributed by atoms with Crippen molar-refractivity contribution in [1.82, 2.24) is 0 Å². The van der Waals surface area contributed by atoms with Crippen LogP contribution in [0, 0.1) is 22.9 Å². The lowest BCUT2D eigenvalue weighted by Gasteiger charge is -2.09. The van der Waals surface area contributed by atoms with E-state index < -0.39 is 28.0 Å². The Balaban J connectivity index is 2.54. The van der Waals surface area contributed by atoms with E-state index in [1.54, 1.807) is 6.92 Å². The average Bonchev–Trinajstić information content (AvgIpc) is 2.42. The van der Waals surface area contributed by atoms with Gasteiger partial charge in [-0.05, 0) is 36.8 Å². The molecular formula is C14H10FNO5. The Morgan fingerprint density at radius 2 is 2.00 bits per heavy atom. The van der Waals surface area contributed by atoms with Crippen LogP contribution in [0.4, 0.5) is 10.1 Å². The molecule has 7 heteroatoms. The van der Waals surface area contributed by atoms with Gasteiger partial charge in [-0.15, -0.1) is 0 Å². The van der Waals surface area contributed by atoms with E-state index in [1.807, 2.05) is 0 Å². The maximum atomic E-state index is 13.6. The fourth-order valence-electron chi connectivity index (χ4n) is 1.77. The summed E-state index contributed by atoms with van der Waals surface area (Å²) in [6, 6.07) is 7.64. The zero-order chi connectivity index (χ0) is 15.6. The van der Waals surface area contributed by atoms with Crippen LogP contribution in [-0.2, 0) is 0 Å². The van der Waals surface area contributed by atoms with Gasteiger partial charge in [-0.25, -0.2) is 9.18 Å². The monoisotopic (exact) mass is 291 g/mol. The number of benzene rings is 2. The number of nitro groups is 1. The first-order chi connectivity index (χ1) is 9.90. The number of halogens is 1. The second-order valence-electron chi connectivity index (χ2n) is 4.25. The van der Waals surface area contributed by atoms with Crippen molar-refractivity contribution in [1.29, 1.82) is 0 Å². The predicted octanol–water partition coefficient (Wildman–Crippen LogP) is 3.53. The third kappa shape index (κ3) is 2.97. The molecule has 2 aromatic carbocycles. The lowest BCUT2D eigenvalue weighted by Crippen LogP contribution is -2.04. The normalized spacial score (nSPS) is 10.2. The van der Waals surface area contributed by atoms with Crippen molar-refractivity contribution < 1.29 is 24.0 Å². The number of nitro benzene ring substituents is 1. The zero-order valence-electron chi connectivity index (χ0n) is 10.9.